The lowest BCUT2D eigenvalue weighted by Crippen LogP contribution is -2.25. The van der Waals surface area contributed by atoms with Gasteiger partial charge in [0.1, 0.15) is 11.3 Å². The fourth-order valence-corrected chi connectivity index (χ4v) is 2.34. The summed E-state index contributed by atoms with van der Waals surface area (Å²) in [5.74, 6) is 0.461. The number of halogens is 1. The van der Waals surface area contributed by atoms with E-state index >= 15 is 0 Å². The van der Waals surface area contributed by atoms with Crippen LogP contribution in [0.15, 0.2) is 22.6 Å². The van der Waals surface area contributed by atoms with E-state index in [4.69, 9.17) is 4.42 Å². The van der Waals surface area contributed by atoms with Crippen LogP contribution >= 0.6 is 0 Å². The Morgan fingerprint density at radius 1 is 1.56 bits per heavy atom. The van der Waals surface area contributed by atoms with Crippen molar-refractivity contribution in [2.75, 3.05) is 13.1 Å². The highest BCUT2D eigenvalue weighted by molar-refractivity contribution is 5.74. The van der Waals surface area contributed by atoms with Crippen LogP contribution in [-0.2, 0) is 4.79 Å². The molecule has 2 heterocycles. The Kier molecular flexibility index (Phi) is 2.54. The van der Waals surface area contributed by atoms with Gasteiger partial charge in [-0.15, -0.1) is 0 Å². The van der Waals surface area contributed by atoms with Gasteiger partial charge in [0.05, 0.1) is 5.92 Å². The van der Waals surface area contributed by atoms with E-state index in [2.05, 4.69) is 4.98 Å². The summed E-state index contributed by atoms with van der Waals surface area (Å²) in [6.07, 6.45) is 0.842. The molecule has 2 aromatic rings. The molecule has 1 atom stereocenters. The third-order valence-corrected chi connectivity index (χ3v) is 3.35. The molecule has 0 saturated carbocycles. The molecule has 0 bridgehead atoms. The van der Waals surface area contributed by atoms with Gasteiger partial charge in [-0.1, -0.05) is 0 Å². The first-order valence-electron chi connectivity index (χ1n) is 5.95. The minimum Gasteiger partial charge on any atom is -0.440 e. The summed E-state index contributed by atoms with van der Waals surface area (Å²) in [7, 11) is 0. The fraction of sp³-hybridized carbons (Fsp3) is 0.385. The number of hydrogen-bond donors (Lipinski definition) is 0. The minimum atomic E-state index is -0.320. The van der Waals surface area contributed by atoms with Gasteiger partial charge >= 0.3 is 0 Å². The number of hydrogen-bond acceptors (Lipinski definition) is 3. The molecule has 0 radical (unpaired) electrons. The zero-order valence-corrected chi connectivity index (χ0v) is 10.0. The summed E-state index contributed by atoms with van der Waals surface area (Å²) < 4.78 is 18.7. The first kappa shape index (κ1) is 11.2. The van der Waals surface area contributed by atoms with Crippen LogP contribution in [0.2, 0.25) is 0 Å². The molecule has 94 valence electrons. The van der Waals surface area contributed by atoms with Gasteiger partial charge in [-0.2, -0.15) is 0 Å². The van der Waals surface area contributed by atoms with Crippen molar-refractivity contribution in [3.05, 3.63) is 29.9 Å². The van der Waals surface area contributed by atoms with E-state index in [9.17, 15) is 9.18 Å². The smallest absolute Gasteiger partial charge is 0.219 e. The van der Waals surface area contributed by atoms with Gasteiger partial charge in [0.2, 0.25) is 5.91 Å². The van der Waals surface area contributed by atoms with Crippen molar-refractivity contribution in [1.82, 2.24) is 9.88 Å². The fourth-order valence-electron chi connectivity index (χ4n) is 2.34. The van der Waals surface area contributed by atoms with Gasteiger partial charge < -0.3 is 9.32 Å². The highest BCUT2D eigenvalue weighted by Gasteiger charge is 2.29. The Hall–Kier alpha value is -1.91. The van der Waals surface area contributed by atoms with Crippen molar-refractivity contribution in [2.24, 2.45) is 0 Å². The Morgan fingerprint density at radius 2 is 2.39 bits per heavy atom. The number of nitrogens with zero attached hydrogens (tertiary/aromatic N) is 2. The van der Waals surface area contributed by atoms with Crippen LogP contribution in [0.4, 0.5) is 4.39 Å². The van der Waals surface area contributed by atoms with Crippen LogP contribution in [0.5, 0.6) is 0 Å². The number of likely N-dealkylation sites (tertiary alicyclic amines) is 1. The molecule has 1 aliphatic rings. The molecule has 1 saturated heterocycles. The standard InChI is InChI=1S/C13H13FN2O2/c1-8(17)16-5-4-9(7-16)13-15-11-6-10(14)2-3-12(11)18-13/h2-3,6,9H,4-5,7H2,1H3. The zero-order chi connectivity index (χ0) is 12.7. The molecule has 0 spiro atoms. The Labute approximate surface area is 103 Å². The lowest BCUT2D eigenvalue weighted by molar-refractivity contribution is -0.127. The summed E-state index contributed by atoms with van der Waals surface area (Å²) in [6, 6.07) is 4.30. The van der Waals surface area contributed by atoms with Crippen molar-refractivity contribution >= 4 is 17.0 Å². The van der Waals surface area contributed by atoms with Crippen molar-refractivity contribution in [1.29, 1.82) is 0 Å². The Balaban J connectivity index is 1.89. The predicted octanol–water partition coefficient (Wildman–Crippen LogP) is 2.30. The molecule has 1 fully saturated rings. The summed E-state index contributed by atoms with van der Waals surface area (Å²) in [6.45, 7) is 2.92. The average Bonchev–Trinajstić information content (AvgIpc) is 2.93. The largest absolute Gasteiger partial charge is 0.440 e. The third kappa shape index (κ3) is 1.85. The number of amides is 1. The number of rotatable bonds is 1. The highest BCUT2D eigenvalue weighted by Crippen LogP contribution is 2.29. The average molecular weight is 248 g/mol. The van der Waals surface area contributed by atoms with Crippen LogP contribution in [-0.4, -0.2) is 28.9 Å². The Bertz CT molecular complexity index is 608. The zero-order valence-electron chi connectivity index (χ0n) is 10.0. The molecule has 3 rings (SSSR count). The van der Waals surface area contributed by atoms with E-state index in [1.54, 1.807) is 17.9 Å². The quantitative estimate of drug-likeness (QED) is 0.778. The minimum absolute atomic E-state index is 0.0691. The molecule has 1 unspecified atom stereocenters. The topological polar surface area (TPSA) is 46.3 Å². The summed E-state index contributed by atoms with van der Waals surface area (Å²) >= 11 is 0. The molecule has 5 heteroatoms. The summed E-state index contributed by atoms with van der Waals surface area (Å²) in [4.78, 5) is 17.3. The van der Waals surface area contributed by atoms with E-state index < -0.39 is 0 Å². The molecule has 18 heavy (non-hydrogen) atoms. The number of aromatic nitrogens is 1. The molecule has 1 aromatic heterocycles. The van der Waals surface area contributed by atoms with Gasteiger partial charge in [0.25, 0.3) is 0 Å². The van der Waals surface area contributed by atoms with Crippen molar-refractivity contribution in [3.63, 3.8) is 0 Å². The molecule has 0 aliphatic carbocycles. The molecular weight excluding hydrogens is 235 g/mol. The van der Waals surface area contributed by atoms with E-state index in [0.717, 1.165) is 13.0 Å². The van der Waals surface area contributed by atoms with Gasteiger partial charge in [-0.05, 0) is 18.6 Å². The maximum absolute atomic E-state index is 13.1. The predicted molar refractivity (Wildman–Crippen MR) is 63.6 cm³/mol. The number of benzene rings is 1. The summed E-state index contributed by atoms with van der Waals surface area (Å²) in [5.41, 5.74) is 1.12. The van der Waals surface area contributed by atoms with E-state index in [0.29, 0.717) is 23.5 Å². The third-order valence-electron chi connectivity index (χ3n) is 3.35. The van der Waals surface area contributed by atoms with Gasteiger partial charge in [-0.25, -0.2) is 9.37 Å². The molecule has 1 aliphatic heterocycles. The van der Waals surface area contributed by atoms with Crippen LogP contribution in [0.25, 0.3) is 11.1 Å². The lowest BCUT2D eigenvalue weighted by Gasteiger charge is -2.12. The van der Waals surface area contributed by atoms with Gasteiger partial charge in [-0.3, -0.25) is 4.79 Å². The maximum Gasteiger partial charge on any atom is 0.219 e. The Morgan fingerprint density at radius 3 is 3.11 bits per heavy atom. The van der Waals surface area contributed by atoms with Crippen molar-refractivity contribution in [2.45, 2.75) is 19.3 Å². The second-order valence-corrected chi connectivity index (χ2v) is 4.61. The number of fused-ring (bicyclic) bond motifs is 1. The van der Waals surface area contributed by atoms with Crippen LogP contribution in [0.3, 0.4) is 0 Å². The highest BCUT2D eigenvalue weighted by atomic mass is 19.1. The van der Waals surface area contributed by atoms with E-state index in [-0.39, 0.29) is 17.6 Å². The van der Waals surface area contributed by atoms with Crippen molar-refractivity contribution < 1.29 is 13.6 Å². The maximum atomic E-state index is 13.1. The number of carbonyl (C=O) groups excluding carboxylic acids is 1. The molecule has 1 aromatic carbocycles. The van der Waals surface area contributed by atoms with E-state index in [1.807, 2.05) is 0 Å². The SMILES string of the molecule is CC(=O)N1CCC(c2nc3cc(F)ccc3o2)C1. The molecule has 4 nitrogen and oxygen atoms in total. The molecule has 0 N–H and O–H groups in total. The summed E-state index contributed by atoms with van der Waals surface area (Å²) in [5, 5.41) is 0. The van der Waals surface area contributed by atoms with Crippen molar-refractivity contribution in [3.8, 4) is 0 Å². The normalized spacial score (nSPS) is 19.7. The first-order chi connectivity index (χ1) is 8.63. The first-order valence-corrected chi connectivity index (χ1v) is 5.95. The van der Waals surface area contributed by atoms with E-state index in [1.165, 1.54) is 12.1 Å². The van der Waals surface area contributed by atoms with Crippen LogP contribution in [0.1, 0.15) is 25.2 Å². The second-order valence-electron chi connectivity index (χ2n) is 4.61. The van der Waals surface area contributed by atoms with Gasteiger partial charge in [0, 0.05) is 26.1 Å². The lowest BCUT2D eigenvalue weighted by atomic mass is 10.1. The number of carbonyl (C=O) groups is 1. The number of oxazole rings is 1. The monoisotopic (exact) mass is 248 g/mol. The molecular formula is C13H13FN2O2. The molecule has 1 amide bonds. The van der Waals surface area contributed by atoms with Crippen LogP contribution in [0, 0.1) is 5.82 Å². The second kappa shape index (κ2) is 4.08. The van der Waals surface area contributed by atoms with Gasteiger partial charge in [0.15, 0.2) is 11.5 Å². The van der Waals surface area contributed by atoms with Crippen LogP contribution < -0.4 is 0 Å².